The van der Waals surface area contributed by atoms with E-state index in [4.69, 9.17) is 27.7 Å². The third kappa shape index (κ3) is 23.4. The van der Waals surface area contributed by atoms with Crippen LogP contribution in [0.3, 0.4) is 0 Å². The van der Waals surface area contributed by atoms with E-state index >= 15 is 22.8 Å². The molecule has 526 valence electrons. The first-order chi connectivity index (χ1) is 46.4. The number of unbranched alkanes of at least 4 members (excludes halogenated alkanes) is 1. The molecule has 0 unspecified atom stereocenters. The molecule has 1 aliphatic heterocycles. The van der Waals surface area contributed by atoms with Crippen molar-refractivity contribution in [2.45, 2.75) is 155 Å². The number of nitrogens with two attached hydrogens (primary N) is 4. The van der Waals surface area contributed by atoms with Crippen LogP contribution in [0.5, 0.6) is 5.75 Å². The topological polar surface area (TPSA) is 439 Å². The van der Waals surface area contributed by atoms with Crippen LogP contribution in [-0.4, -0.2) is 164 Å². The number of carbonyl (C=O) groups excluding carboxylic acids is 9. The van der Waals surface area contributed by atoms with Gasteiger partial charge < -0.3 is 58.9 Å². The Kier molecular flexibility index (Phi) is 29.1. The van der Waals surface area contributed by atoms with Crippen LogP contribution in [0.1, 0.15) is 94.4 Å². The van der Waals surface area contributed by atoms with Gasteiger partial charge in [0.05, 0.1) is 22.3 Å². The number of nitrogens with zero attached hydrogens (tertiary/aromatic N) is 4. The molecule has 1 fully saturated rings. The number of rotatable bonds is 37. The quantitative estimate of drug-likeness (QED) is 0.0119. The van der Waals surface area contributed by atoms with E-state index < -0.39 is 165 Å². The van der Waals surface area contributed by atoms with Crippen LogP contribution in [0.2, 0.25) is 0 Å². The Morgan fingerprint density at radius 1 is 0.714 bits per heavy atom. The smallest absolute Gasteiger partial charge is 0.324 e. The molecule has 28 nitrogen and oxygen atoms in total. The van der Waals surface area contributed by atoms with Gasteiger partial charge in [0.2, 0.25) is 41.4 Å². The molecule has 6 rings (SSSR count). The summed E-state index contributed by atoms with van der Waals surface area (Å²) in [6.07, 6.45) is -2.37. The number of benzene rings is 5. The molecule has 5 aromatic rings. The Morgan fingerprint density at radius 3 is 1.89 bits per heavy atom. The molecule has 0 spiro atoms. The largest absolute Gasteiger partial charge is 0.488 e. The second-order valence-corrected chi connectivity index (χ2v) is 28.2. The number of aryl methyl sites for hydroxylation is 1. The number of aliphatic carboxylic acids is 1. The van der Waals surface area contributed by atoms with E-state index in [1.165, 1.54) is 42.5 Å². The van der Waals surface area contributed by atoms with Gasteiger partial charge in [-0.05, 0) is 138 Å². The highest BCUT2D eigenvalue weighted by Crippen LogP contribution is 2.35. The summed E-state index contributed by atoms with van der Waals surface area (Å²) in [7, 11) is -5.16. The van der Waals surface area contributed by atoms with Crippen molar-refractivity contribution in [3.8, 4) is 5.75 Å². The van der Waals surface area contributed by atoms with Crippen molar-refractivity contribution in [3.05, 3.63) is 166 Å². The van der Waals surface area contributed by atoms with E-state index in [0.29, 0.717) is 43.0 Å². The molecule has 1 heterocycles. The summed E-state index contributed by atoms with van der Waals surface area (Å²) in [5.74, 6) is -10.6. The Balaban J connectivity index is 1.33. The second kappa shape index (κ2) is 36.8. The molecule has 5 aromatic carbocycles. The lowest BCUT2D eigenvalue weighted by molar-refractivity contribution is -0.387. The molecule has 31 heteroatoms. The second-order valence-electron chi connectivity index (χ2n) is 24.3. The molecular weight excluding hydrogens is 1330 g/mol. The van der Waals surface area contributed by atoms with Gasteiger partial charge in [-0.15, -0.1) is 0 Å². The number of carboxylic acids is 1. The number of thioether (sulfide) groups is 1. The van der Waals surface area contributed by atoms with Crippen molar-refractivity contribution in [1.29, 1.82) is 0 Å². The highest BCUT2D eigenvalue weighted by Gasteiger charge is 2.48. The zero-order chi connectivity index (χ0) is 71.9. The van der Waals surface area contributed by atoms with E-state index in [-0.39, 0.29) is 68.0 Å². The van der Waals surface area contributed by atoms with Crippen LogP contribution < -0.4 is 48.9 Å². The first-order valence-electron chi connectivity index (χ1n) is 31.5. The summed E-state index contributed by atoms with van der Waals surface area (Å²) in [4.78, 5) is 153. The predicted octanol–water partition coefficient (Wildman–Crippen LogP) is 3.53. The molecule has 0 aromatic heterocycles. The SMILES string of the molecule is Cc1ccc(S(=O)(=O)N(C(=O)[C@@H]2CCCN2C(=O)[C@H](CSCc2ccccc2)NC(=O)[C@H](CC(N)=O)NC(=O)[C@H](CCC(N)=O)NC(=O)[C@H](Cc2ccccc2)NC(=O)[C@@H](N)Cc2ccc(OC(C)(C)C)cc2)[C@@H](CCCCN)C(=O)N(CC(=O)O)Sc2ccccc2[N+](=O)[O-])cc1. The number of carboxylic acid groups (broad SMARTS) is 1. The molecule has 13 N–H and O–H groups in total. The van der Waals surface area contributed by atoms with Crippen LogP contribution >= 0.6 is 23.7 Å². The van der Waals surface area contributed by atoms with Crippen LogP contribution in [0.25, 0.3) is 0 Å². The Morgan fingerprint density at radius 2 is 1.29 bits per heavy atom. The van der Waals surface area contributed by atoms with Crippen LogP contribution in [0.4, 0.5) is 5.69 Å². The van der Waals surface area contributed by atoms with Gasteiger partial charge in [-0.2, -0.15) is 11.8 Å². The normalized spacial score (nSPS) is 14.8. The van der Waals surface area contributed by atoms with Gasteiger partial charge >= 0.3 is 5.97 Å². The Labute approximate surface area is 576 Å². The predicted molar refractivity (Wildman–Crippen MR) is 366 cm³/mol. The summed E-state index contributed by atoms with van der Waals surface area (Å²) < 4.78 is 37.4. The van der Waals surface area contributed by atoms with Crippen molar-refractivity contribution in [1.82, 2.24) is 34.8 Å². The van der Waals surface area contributed by atoms with Crippen LogP contribution in [-0.2, 0) is 76.6 Å². The van der Waals surface area contributed by atoms with Gasteiger partial charge in [-0.1, -0.05) is 103 Å². The van der Waals surface area contributed by atoms with E-state index in [2.05, 4.69) is 21.3 Å². The van der Waals surface area contributed by atoms with E-state index in [0.717, 1.165) is 28.3 Å². The molecule has 98 heavy (non-hydrogen) atoms. The number of likely N-dealkylation sites (tertiary alicyclic amines) is 1. The van der Waals surface area contributed by atoms with Gasteiger partial charge in [0.15, 0.2) is 0 Å². The third-order valence-electron chi connectivity index (χ3n) is 15.3. The van der Waals surface area contributed by atoms with Crippen molar-refractivity contribution >= 4 is 98.6 Å². The highest BCUT2D eigenvalue weighted by atomic mass is 32.2. The number of primary amides is 2. The van der Waals surface area contributed by atoms with Crippen molar-refractivity contribution in [2.75, 3.05) is 25.4 Å². The minimum atomic E-state index is -5.16. The number of para-hydroxylation sites is 1. The number of hydrogen-bond acceptors (Lipinski definition) is 19. The molecule has 0 radical (unpaired) electrons. The number of carbonyl (C=O) groups is 10. The lowest BCUT2D eigenvalue weighted by Crippen LogP contribution is -2.61. The zero-order valence-electron chi connectivity index (χ0n) is 54.7. The fraction of sp³-hybridized carbons (Fsp3) is 0.403. The summed E-state index contributed by atoms with van der Waals surface area (Å²) >= 11 is 1.49. The molecule has 1 saturated heterocycles. The third-order valence-corrected chi connectivity index (χ3v) is 19.3. The Bertz CT molecular complexity index is 3740. The van der Waals surface area contributed by atoms with Crippen molar-refractivity contribution in [2.24, 2.45) is 22.9 Å². The number of sulfonamides is 1. The van der Waals surface area contributed by atoms with Gasteiger partial charge in [-0.3, -0.25) is 62.4 Å². The van der Waals surface area contributed by atoms with Crippen LogP contribution in [0, 0.1) is 17.0 Å². The number of ether oxygens (including phenoxy) is 1. The molecule has 0 bridgehead atoms. The van der Waals surface area contributed by atoms with Crippen molar-refractivity contribution in [3.63, 3.8) is 0 Å². The summed E-state index contributed by atoms with van der Waals surface area (Å²) in [5.41, 5.74) is 25.2. The van der Waals surface area contributed by atoms with Crippen LogP contribution in [0.15, 0.2) is 143 Å². The molecule has 0 saturated carbocycles. The minimum Gasteiger partial charge on any atom is -0.488 e. The molecule has 1 aliphatic rings. The van der Waals surface area contributed by atoms with Gasteiger partial charge in [0.1, 0.15) is 59.0 Å². The maximum atomic E-state index is 15.7. The molecule has 9 amide bonds. The van der Waals surface area contributed by atoms with Crippen molar-refractivity contribution < 1.29 is 71.1 Å². The van der Waals surface area contributed by atoms with Gasteiger partial charge in [0, 0.05) is 37.0 Å². The average Bonchev–Trinajstić information content (AvgIpc) is 1.20. The minimum absolute atomic E-state index is 0.00745. The average molecular weight is 1410 g/mol. The number of nitro groups is 1. The maximum absolute atomic E-state index is 15.7. The lowest BCUT2D eigenvalue weighted by atomic mass is 10.0. The summed E-state index contributed by atoms with van der Waals surface area (Å²) in [6, 6.07) is 23.2. The van der Waals surface area contributed by atoms with E-state index in [1.54, 1.807) is 91.9 Å². The zero-order valence-corrected chi connectivity index (χ0v) is 57.2. The standard InChI is InChI=1S/C67H84N12O16S3/c1-42-24-30-47(31-25-42)98(93,94)78(55(21-13-14-34-68)65(89)77(39-59(82)83)97-56-23-12-11-20-53(56)79(91)92)66(90)54-22-15-35-76(54)64(88)52(41-96-40-45-18-9-6-10-19-45)75-63(87)51(38-58(71)81)74-61(85)49(32-33-57(70)80)72-62(86)50(37-43-16-7-5-8-17-43)73-60(84)48(69)36-44-26-28-46(29-27-44)95-67(2,3)4/h5-12,16-20,23-31,48-52,54-55H,13-15,21-22,32-41,68-69H2,1-4H3,(H2,70,80)(H2,71,81)(H,72,86)(H,73,84)(H,74,85)(H,75,87)(H,82,83)/t48-,49-,50-,51-,52-,54-,55-/m0/s1. The molecule has 0 aliphatic carbocycles. The van der Waals surface area contributed by atoms with Gasteiger partial charge in [0.25, 0.3) is 27.5 Å². The fourth-order valence-electron chi connectivity index (χ4n) is 10.5. The highest BCUT2D eigenvalue weighted by molar-refractivity contribution is 7.98. The van der Waals surface area contributed by atoms with Gasteiger partial charge in [-0.25, -0.2) is 12.7 Å². The van der Waals surface area contributed by atoms with E-state index in [9.17, 15) is 48.8 Å². The Hall–Kier alpha value is -9.43. The molecule has 7 atom stereocenters. The first-order valence-corrected chi connectivity index (χ1v) is 34.9. The fourth-order valence-corrected chi connectivity index (χ4v) is 14.1. The number of hydrogen-bond donors (Lipinski definition) is 9. The lowest BCUT2D eigenvalue weighted by Gasteiger charge is -2.37. The molecular formula is C67H84N12O16S3. The summed E-state index contributed by atoms with van der Waals surface area (Å²) in [5, 5.41) is 32.6. The first kappa shape index (κ1) is 77.6. The monoisotopic (exact) mass is 1410 g/mol. The number of amides is 9. The maximum Gasteiger partial charge on any atom is 0.324 e. The number of nitrogens with one attached hydrogen (secondary N) is 4. The summed E-state index contributed by atoms with van der Waals surface area (Å²) in [6.45, 7) is 6.03. The van der Waals surface area contributed by atoms with E-state index in [1.807, 2.05) is 20.8 Å². The number of nitro benzene ring substituents is 1.